The molecule has 9 rings (SSSR count). The van der Waals surface area contributed by atoms with Crippen LogP contribution in [0.1, 0.15) is 292 Å². The van der Waals surface area contributed by atoms with Gasteiger partial charge in [0.05, 0.1) is 75.8 Å². The first kappa shape index (κ1) is 123. The minimum atomic E-state index is -0.874. The van der Waals surface area contributed by atoms with E-state index in [-0.39, 0.29) is 164 Å². The van der Waals surface area contributed by atoms with Gasteiger partial charge in [0.1, 0.15) is 5.60 Å². The van der Waals surface area contributed by atoms with Crippen LogP contribution in [0, 0.1) is 94.7 Å². The van der Waals surface area contributed by atoms with Crippen LogP contribution < -0.4 is 26.6 Å². The van der Waals surface area contributed by atoms with E-state index in [2.05, 4.69) is 90.7 Å². The SMILES string of the molecule is CC(C)(C)OC(=O)NCC1C(O)CCC1CC(=O)O.CC(C)CNCCCC1C(O)CCC1CC(=O)O.CCOC(=O)CC1CCC(O)C1CCCNCC(C)C.CCOC(=O)CC1CCC(O)C1CCCNCCOC.CCOC(=O)CC1CCC(O)C1CCCc1ccccc1.COCCNCCCC1C(O)CCC1CC(=O)O.O=C(O)CC1CCC(O)C1CCCc1ccccc1. The van der Waals surface area contributed by atoms with Gasteiger partial charge in [0.2, 0.25) is 0 Å². The fourth-order valence-electron chi connectivity index (χ4n) is 20.9. The summed E-state index contributed by atoms with van der Waals surface area (Å²) >= 11 is 0. The number of aliphatic hydroxyl groups is 7. The first-order chi connectivity index (χ1) is 64.4. The monoisotopic (exact) mass is 1910 g/mol. The molecule has 7 aliphatic carbocycles. The van der Waals surface area contributed by atoms with Crippen LogP contribution in [0.15, 0.2) is 60.7 Å². The van der Waals surface area contributed by atoms with Crippen molar-refractivity contribution in [3.63, 3.8) is 0 Å². The standard InChI is InChI=1S/C18H26O3.C16H31NO3.C16H22O3.C15H29NO4.C14H27NO3.C13H23NO5.C13H25NO4/c1-2-21-18(20)13-15-11-12-17(19)16(15)10-6-9-14-7-4-3-5-8-14;1-4-20-16(19)10-13-7-8-15(18)14(13)6-5-9-17-11-12(2)3;17-15-10-9-13(11-16(18)19)14(15)8-4-7-12-5-2-1-3-6-12;1-3-20-15(18)11-12-6-7-14(17)13(12)5-4-8-16-9-10-19-2;1-10(2)9-15-7-3-4-12-11(8-14(17)18)5-6-13(12)16;1-13(2,3)19-12(18)14-7-9-8(6-11(16)17)4-5-10(9)15;1-18-8-7-14-6-2-3-11-10(9-13(16)17)4-5-12(11)15/h3-5,7-8,15-17,19H,2,6,9-13H2,1H3;12-15,17-18H,4-11H2,1-3H3;1-3,5-6,13-15,17H,4,7-11H2,(H,18,19);12-14,16-17H,3-11H2,1-2H3;10-13,15-16H,3-9H2,1-2H3,(H,17,18);8-10,15H,4-7H2,1-3H3,(H,14,18)(H,16,17);10-12,14-15H,2-9H2,1H3,(H,16,17). The van der Waals surface area contributed by atoms with Crippen LogP contribution in [0.4, 0.5) is 4.79 Å². The van der Waals surface area contributed by atoms with Crippen molar-refractivity contribution in [2.45, 2.75) is 342 Å². The second-order valence-corrected chi connectivity index (χ2v) is 40.3. The Balaban J connectivity index is 0.000000406. The number of benzene rings is 2. The van der Waals surface area contributed by atoms with E-state index >= 15 is 0 Å². The molecular weight excluding hydrogens is 1730 g/mol. The number of carbonyl (C=O) groups excluding carboxylic acids is 4. The normalized spacial score (nSPS) is 26.5. The van der Waals surface area contributed by atoms with Gasteiger partial charge >= 0.3 is 47.9 Å². The van der Waals surface area contributed by atoms with Gasteiger partial charge in [-0.2, -0.15) is 0 Å². The highest BCUT2D eigenvalue weighted by Crippen LogP contribution is 2.44. The minimum Gasteiger partial charge on any atom is -0.481 e. The molecule has 135 heavy (non-hydrogen) atoms. The molecule has 7 fully saturated rings. The smallest absolute Gasteiger partial charge is 0.407 e. The quantitative estimate of drug-likeness (QED) is 0.0166. The highest BCUT2D eigenvalue weighted by atomic mass is 16.6. The molecule has 0 spiro atoms. The Morgan fingerprint density at radius 2 is 0.585 bits per heavy atom. The first-order valence-corrected chi connectivity index (χ1v) is 51.4. The fraction of sp³-hybridized carbons (Fsp3) is 0.810. The van der Waals surface area contributed by atoms with Crippen molar-refractivity contribution in [1.82, 2.24) is 26.6 Å². The summed E-state index contributed by atoms with van der Waals surface area (Å²) in [7, 11) is 3.36. The van der Waals surface area contributed by atoms with Crippen LogP contribution >= 0.6 is 0 Å². The fourth-order valence-corrected chi connectivity index (χ4v) is 20.9. The number of aryl methyl sites for hydroxylation is 2. The number of ether oxygens (including phenoxy) is 6. The van der Waals surface area contributed by atoms with E-state index in [0.717, 1.165) is 226 Å². The molecule has 0 radical (unpaired) electrons. The summed E-state index contributed by atoms with van der Waals surface area (Å²) in [5.41, 5.74) is 2.08. The van der Waals surface area contributed by atoms with Gasteiger partial charge in [-0.3, -0.25) is 33.6 Å². The van der Waals surface area contributed by atoms with Gasteiger partial charge in [0.15, 0.2) is 0 Å². The van der Waals surface area contributed by atoms with Crippen molar-refractivity contribution in [1.29, 1.82) is 0 Å². The molecular formula is C105H183N5O25. The summed E-state index contributed by atoms with van der Waals surface area (Å²) in [5, 5.41) is 121. The summed E-state index contributed by atoms with van der Waals surface area (Å²) in [4.78, 5) is 89.4. The van der Waals surface area contributed by atoms with E-state index in [1.165, 1.54) is 11.1 Å². The van der Waals surface area contributed by atoms with E-state index in [1.54, 1.807) is 35.0 Å². The number of hydrogen-bond acceptors (Lipinski definition) is 25. The van der Waals surface area contributed by atoms with E-state index < -0.39 is 41.7 Å². The predicted octanol–water partition coefficient (Wildman–Crippen LogP) is 14.0. The van der Waals surface area contributed by atoms with Crippen LogP contribution in [0.25, 0.3) is 0 Å². The summed E-state index contributed by atoms with van der Waals surface area (Å²) in [6, 6.07) is 20.7. The molecule has 2 aromatic carbocycles. The molecule has 2 aromatic rings. The van der Waals surface area contributed by atoms with Crippen LogP contribution in [0.3, 0.4) is 0 Å². The van der Waals surface area contributed by atoms with Crippen molar-refractivity contribution in [2.24, 2.45) is 94.7 Å². The van der Waals surface area contributed by atoms with Crippen molar-refractivity contribution in [3.8, 4) is 0 Å². The third kappa shape index (κ3) is 54.7. The number of nitrogens with one attached hydrogen (secondary N) is 5. The van der Waals surface area contributed by atoms with Gasteiger partial charge in [-0.05, 0) is 360 Å². The maximum atomic E-state index is 11.6. The van der Waals surface area contributed by atoms with Crippen LogP contribution in [-0.4, -0.2) is 259 Å². The Kier molecular flexibility index (Phi) is 65.3. The number of esters is 3. The van der Waals surface area contributed by atoms with E-state index in [4.69, 9.17) is 48.8 Å². The summed E-state index contributed by atoms with van der Waals surface area (Å²) < 4.78 is 30.1. The third-order valence-corrected chi connectivity index (χ3v) is 27.7. The first-order valence-electron chi connectivity index (χ1n) is 51.4. The predicted molar refractivity (Wildman–Crippen MR) is 523 cm³/mol. The molecule has 1 amide bonds. The zero-order valence-corrected chi connectivity index (χ0v) is 84.3. The molecule has 0 heterocycles. The lowest BCUT2D eigenvalue weighted by Gasteiger charge is -2.23. The van der Waals surface area contributed by atoms with Crippen LogP contribution in [-0.2, 0) is 74.8 Å². The number of carboxylic acids is 4. The van der Waals surface area contributed by atoms with Crippen molar-refractivity contribution in [2.75, 3.05) is 106 Å². The summed E-state index contributed by atoms with van der Waals surface area (Å²) in [6.07, 6.45) is 24.5. The van der Waals surface area contributed by atoms with E-state index in [9.17, 15) is 74.1 Å². The van der Waals surface area contributed by atoms with Gasteiger partial charge in [-0.1, -0.05) is 88.4 Å². The maximum Gasteiger partial charge on any atom is 0.407 e. The van der Waals surface area contributed by atoms with Crippen molar-refractivity contribution in [3.05, 3.63) is 71.8 Å². The Bertz CT molecular complexity index is 3450. The number of amides is 1. The molecule has 778 valence electrons. The van der Waals surface area contributed by atoms with Gasteiger partial charge in [0, 0.05) is 84.7 Å². The highest BCUT2D eigenvalue weighted by Gasteiger charge is 2.42. The molecule has 16 N–H and O–H groups in total. The molecule has 0 saturated heterocycles. The maximum absolute atomic E-state index is 11.6. The van der Waals surface area contributed by atoms with Crippen molar-refractivity contribution >= 4 is 47.9 Å². The molecule has 21 atom stereocenters. The lowest BCUT2D eigenvalue weighted by Crippen LogP contribution is -2.38. The van der Waals surface area contributed by atoms with Gasteiger partial charge in [0.25, 0.3) is 0 Å². The van der Waals surface area contributed by atoms with Gasteiger partial charge in [-0.15, -0.1) is 0 Å². The molecule has 21 unspecified atom stereocenters. The zero-order valence-electron chi connectivity index (χ0n) is 84.3. The van der Waals surface area contributed by atoms with E-state index in [1.807, 2.05) is 45.0 Å². The molecule has 30 heteroatoms. The van der Waals surface area contributed by atoms with Gasteiger partial charge < -0.3 is 111 Å². The number of alkyl carbamates (subject to hydrolysis) is 1. The minimum absolute atomic E-state index is 0.0255. The van der Waals surface area contributed by atoms with Crippen molar-refractivity contribution < 1.29 is 123 Å². The Labute approximate surface area is 808 Å². The average Bonchev–Trinajstić information content (AvgIpc) is 1.73. The highest BCUT2D eigenvalue weighted by molar-refractivity contribution is 5.71. The Morgan fingerprint density at radius 3 is 0.830 bits per heavy atom. The zero-order chi connectivity index (χ0) is 100. The third-order valence-electron chi connectivity index (χ3n) is 27.7. The molecule has 7 saturated carbocycles. The summed E-state index contributed by atoms with van der Waals surface area (Å²) in [6.45, 7) is 30.1. The van der Waals surface area contributed by atoms with E-state index in [0.29, 0.717) is 76.3 Å². The number of carboxylic acid groups (broad SMARTS) is 4. The number of carbonyl (C=O) groups is 8. The molecule has 30 nitrogen and oxygen atoms in total. The number of aliphatic hydroxyl groups excluding tert-OH is 7. The average molecular weight is 1920 g/mol. The molecule has 7 aliphatic rings. The number of aliphatic carboxylic acids is 4. The lowest BCUT2D eigenvalue weighted by atomic mass is 9.87. The number of rotatable bonds is 53. The molecule has 0 bridgehead atoms. The van der Waals surface area contributed by atoms with Gasteiger partial charge in [-0.25, -0.2) is 4.79 Å². The second-order valence-electron chi connectivity index (χ2n) is 40.3. The number of hydrogen-bond donors (Lipinski definition) is 16. The summed E-state index contributed by atoms with van der Waals surface area (Å²) in [5.74, 6) is 0.136. The Hall–Kier alpha value is -6.52. The lowest BCUT2D eigenvalue weighted by molar-refractivity contribution is -0.145. The van der Waals surface area contributed by atoms with Crippen LogP contribution in [0.2, 0.25) is 0 Å². The molecule has 0 aliphatic heterocycles. The topological polar surface area (TPSA) is 475 Å². The molecule has 0 aromatic heterocycles. The Morgan fingerprint density at radius 1 is 0.341 bits per heavy atom. The second kappa shape index (κ2) is 71.8. The largest absolute Gasteiger partial charge is 0.481 e. The van der Waals surface area contributed by atoms with Crippen LogP contribution in [0.5, 0.6) is 0 Å². The number of methoxy groups -OCH3 is 2.